The minimum atomic E-state index is -4.20. The highest BCUT2D eigenvalue weighted by atomic mass is 32.2. The molecule has 0 heterocycles. The van der Waals surface area contributed by atoms with Crippen molar-refractivity contribution in [3.05, 3.63) is 59.7 Å². The third kappa shape index (κ3) is 5.08. The third-order valence-electron chi connectivity index (χ3n) is 5.04. The Morgan fingerprint density at radius 3 is 1.73 bits per heavy atom. The zero-order valence-electron chi connectivity index (χ0n) is 16.7. The van der Waals surface area contributed by atoms with Gasteiger partial charge in [0.25, 0.3) is 20.2 Å². The Labute approximate surface area is 177 Å². The summed E-state index contributed by atoms with van der Waals surface area (Å²) in [7, 11) is -8.36. The van der Waals surface area contributed by atoms with E-state index in [1.165, 1.54) is 24.3 Å². The summed E-state index contributed by atoms with van der Waals surface area (Å²) in [5.41, 5.74) is 1.77. The Hall–Kier alpha value is -2.25. The van der Waals surface area contributed by atoms with Gasteiger partial charge in [-0.05, 0) is 57.4 Å². The fourth-order valence-electron chi connectivity index (χ4n) is 3.33. The quantitative estimate of drug-likeness (QED) is 0.621. The van der Waals surface area contributed by atoms with Gasteiger partial charge in [0.1, 0.15) is 12.2 Å². The summed E-state index contributed by atoms with van der Waals surface area (Å²) < 4.78 is 61.7. The molecule has 0 amide bonds. The van der Waals surface area contributed by atoms with Crippen molar-refractivity contribution in [2.75, 3.05) is 0 Å². The van der Waals surface area contributed by atoms with Gasteiger partial charge in [-0.2, -0.15) is 22.1 Å². The largest absolute Gasteiger partial charge is 0.297 e. The minimum absolute atomic E-state index is 0.0349. The Morgan fingerprint density at radius 1 is 0.800 bits per heavy atom. The maximum absolute atomic E-state index is 12.8. The predicted octanol–water partition coefficient (Wildman–Crippen LogP) is 3.48. The van der Waals surface area contributed by atoms with Crippen molar-refractivity contribution < 1.29 is 25.2 Å². The summed E-state index contributed by atoms with van der Waals surface area (Å²) in [6.45, 7) is 3.65. The van der Waals surface area contributed by atoms with Gasteiger partial charge in [0.15, 0.2) is 0 Å². The van der Waals surface area contributed by atoms with Gasteiger partial charge < -0.3 is 0 Å². The molecule has 0 aliphatic heterocycles. The summed E-state index contributed by atoms with van der Waals surface area (Å²) in [4.78, 5) is -0.0946. The number of hydrogen-bond donors (Lipinski definition) is 0. The normalized spacial score (nSPS) is 22.4. The first-order chi connectivity index (χ1) is 14.1. The topological polar surface area (TPSA) is 111 Å². The van der Waals surface area contributed by atoms with Crippen LogP contribution < -0.4 is 0 Å². The highest BCUT2D eigenvalue weighted by molar-refractivity contribution is 7.87. The number of hydrogen-bond acceptors (Lipinski definition) is 7. The molecule has 9 heteroatoms. The molecular weight excluding hydrogens is 426 g/mol. The van der Waals surface area contributed by atoms with E-state index < -0.39 is 38.4 Å². The molecule has 0 bridgehead atoms. The molecule has 160 valence electrons. The number of aryl methyl sites for hydroxylation is 2. The third-order valence-corrected chi connectivity index (χ3v) is 7.72. The van der Waals surface area contributed by atoms with Crippen molar-refractivity contribution in [1.29, 1.82) is 5.26 Å². The molecule has 0 spiro atoms. The van der Waals surface area contributed by atoms with Crippen LogP contribution in [0.2, 0.25) is 0 Å². The lowest BCUT2D eigenvalue weighted by atomic mass is 9.85. The molecule has 0 unspecified atom stereocenters. The highest BCUT2D eigenvalue weighted by Crippen LogP contribution is 2.33. The predicted molar refractivity (Wildman–Crippen MR) is 109 cm³/mol. The van der Waals surface area contributed by atoms with E-state index in [1.807, 2.05) is 19.9 Å². The first-order valence-corrected chi connectivity index (χ1v) is 12.3. The maximum Gasteiger partial charge on any atom is 0.297 e. The van der Waals surface area contributed by atoms with Crippen molar-refractivity contribution in [2.24, 2.45) is 5.92 Å². The van der Waals surface area contributed by atoms with Crippen molar-refractivity contribution >= 4 is 20.2 Å². The molecule has 7 nitrogen and oxygen atoms in total. The van der Waals surface area contributed by atoms with E-state index in [1.54, 1.807) is 24.3 Å². The van der Waals surface area contributed by atoms with Crippen LogP contribution in [0.25, 0.3) is 0 Å². The van der Waals surface area contributed by atoms with Gasteiger partial charge in [0.2, 0.25) is 0 Å². The molecule has 2 aromatic rings. The zero-order valence-corrected chi connectivity index (χ0v) is 18.3. The Balaban J connectivity index is 1.88. The van der Waals surface area contributed by atoms with E-state index in [4.69, 9.17) is 8.37 Å². The van der Waals surface area contributed by atoms with Gasteiger partial charge in [-0.3, -0.25) is 8.37 Å². The summed E-state index contributed by atoms with van der Waals surface area (Å²) in [5, 5.41) is 9.50. The second-order valence-electron chi connectivity index (χ2n) is 7.40. The monoisotopic (exact) mass is 449 g/mol. The molecule has 1 fully saturated rings. The van der Waals surface area contributed by atoms with Crippen molar-refractivity contribution in [2.45, 2.75) is 55.1 Å². The number of nitrogens with zero attached hydrogens (tertiary/aromatic N) is 1. The second-order valence-corrected chi connectivity index (χ2v) is 10.5. The van der Waals surface area contributed by atoms with Crippen LogP contribution in [0.4, 0.5) is 0 Å². The minimum Gasteiger partial charge on any atom is -0.260 e. The van der Waals surface area contributed by atoms with Crippen LogP contribution in [0.1, 0.15) is 30.4 Å². The summed E-state index contributed by atoms with van der Waals surface area (Å²) in [6.07, 6.45) is -1.13. The molecule has 1 saturated carbocycles. The van der Waals surface area contributed by atoms with E-state index in [0.717, 1.165) is 11.1 Å². The standard InChI is InChI=1S/C21H23NO6S2/c1-15-6-10-18(11-7-15)29(23,24)27-20-5-3-4-17(14-22)21(20)28-30(25,26)19-12-8-16(2)9-13-19/h6-13,17,20-21H,3-5H2,1-2H3/t17-,20+,21-/m0/s1. The first kappa shape index (κ1) is 22.4. The molecule has 3 atom stereocenters. The van der Waals surface area contributed by atoms with Crippen molar-refractivity contribution in [3.8, 4) is 6.07 Å². The first-order valence-electron chi connectivity index (χ1n) is 9.52. The van der Waals surface area contributed by atoms with Crippen molar-refractivity contribution in [1.82, 2.24) is 0 Å². The fourth-order valence-corrected chi connectivity index (χ4v) is 5.57. The number of nitriles is 1. The summed E-state index contributed by atoms with van der Waals surface area (Å²) in [6, 6.07) is 14.3. The molecule has 1 aliphatic carbocycles. The molecule has 2 aromatic carbocycles. The summed E-state index contributed by atoms with van der Waals surface area (Å²) >= 11 is 0. The van der Waals surface area contributed by atoms with Crippen LogP contribution in [0.5, 0.6) is 0 Å². The lowest BCUT2D eigenvalue weighted by Gasteiger charge is -2.33. The van der Waals surface area contributed by atoms with Crippen LogP contribution in [-0.2, 0) is 28.6 Å². The Morgan fingerprint density at radius 2 is 1.27 bits per heavy atom. The molecular formula is C21H23NO6S2. The number of benzene rings is 2. The molecule has 1 aliphatic rings. The smallest absolute Gasteiger partial charge is 0.260 e. The van der Waals surface area contributed by atoms with Gasteiger partial charge in [-0.1, -0.05) is 35.4 Å². The molecule has 0 saturated heterocycles. The molecule has 30 heavy (non-hydrogen) atoms. The molecule has 0 aromatic heterocycles. The Bertz CT molecular complexity index is 1130. The molecule has 0 radical (unpaired) electrons. The van der Waals surface area contributed by atoms with Crippen molar-refractivity contribution in [3.63, 3.8) is 0 Å². The van der Waals surface area contributed by atoms with Crippen LogP contribution in [-0.4, -0.2) is 29.0 Å². The zero-order chi connectivity index (χ0) is 21.9. The van der Waals surface area contributed by atoms with E-state index in [0.29, 0.717) is 12.8 Å². The van der Waals surface area contributed by atoms with Gasteiger partial charge >= 0.3 is 0 Å². The second kappa shape index (κ2) is 8.86. The summed E-state index contributed by atoms with van der Waals surface area (Å²) in [5.74, 6) is -0.808. The Kier molecular flexibility index (Phi) is 6.62. The lowest BCUT2D eigenvalue weighted by Crippen LogP contribution is -2.43. The fraction of sp³-hybridized carbons (Fsp3) is 0.381. The van der Waals surface area contributed by atoms with E-state index in [2.05, 4.69) is 0 Å². The van der Waals surface area contributed by atoms with Crippen LogP contribution in [0.15, 0.2) is 58.3 Å². The van der Waals surface area contributed by atoms with Crippen LogP contribution >= 0.6 is 0 Å². The molecule has 0 N–H and O–H groups in total. The van der Waals surface area contributed by atoms with Gasteiger partial charge in [0.05, 0.1) is 21.8 Å². The van der Waals surface area contributed by atoms with Gasteiger partial charge in [-0.15, -0.1) is 0 Å². The van der Waals surface area contributed by atoms with E-state index in [9.17, 15) is 22.1 Å². The molecule has 3 rings (SSSR count). The van der Waals surface area contributed by atoms with Gasteiger partial charge in [0, 0.05) is 0 Å². The van der Waals surface area contributed by atoms with Crippen LogP contribution in [0, 0.1) is 31.1 Å². The SMILES string of the molecule is Cc1ccc(S(=O)(=O)O[C@H]2[C@H](C#N)CCC[C@H]2OS(=O)(=O)c2ccc(C)cc2)cc1. The van der Waals surface area contributed by atoms with E-state index >= 15 is 0 Å². The van der Waals surface area contributed by atoms with E-state index in [-0.39, 0.29) is 16.2 Å². The lowest BCUT2D eigenvalue weighted by molar-refractivity contribution is 0.00895. The van der Waals surface area contributed by atoms with Gasteiger partial charge in [-0.25, -0.2) is 0 Å². The average molecular weight is 450 g/mol. The highest BCUT2D eigenvalue weighted by Gasteiger charge is 2.41. The maximum atomic E-state index is 12.8. The average Bonchev–Trinajstić information content (AvgIpc) is 2.69. The number of rotatable bonds is 6. The van der Waals surface area contributed by atoms with Crippen LogP contribution in [0.3, 0.4) is 0 Å².